The second-order valence-electron chi connectivity index (χ2n) is 5.98. The molecule has 0 aromatic heterocycles. The van der Waals surface area contributed by atoms with Gasteiger partial charge in [0.2, 0.25) is 5.91 Å². The Morgan fingerprint density at radius 1 is 1.23 bits per heavy atom. The zero-order valence-corrected chi connectivity index (χ0v) is 14.2. The highest BCUT2D eigenvalue weighted by Gasteiger charge is 2.34. The molecule has 4 nitrogen and oxygen atoms in total. The number of nitrogens with zero attached hydrogens (tertiary/aromatic N) is 2. The lowest BCUT2D eigenvalue weighted by Gasteiger charge is -2.36. The largest absolute Gasteiger partial charge is 0.345 e. The molecule has 1 N–H and O–H groups in total. The first-order valence-electron chi connectivity index (χ1n) is 7.65. The maximum absolute atomic E-state index is 12.0. The Morgan fingerprint density at radius 3 is 2.45 bits per heavy atom. The quantitative estimate of drug-likeness (QED) is 0.842. The number of amides is 1. The van der Waals surface area contributed by atoms with E-state index >= 15 is 0 Å². The second kappa shape index (κ2) is 6.42. The van der Waals surface area contributed by atoms with Crippen LogP contribution in [0.4, 0.5) is 5.69 Å². The Bertz CT molecular complexity index is 595. The first-order valence-corrected chi connectivity index (χ1v) is 8.44. The van der Waals surface area contributed by atoms with Gasteiger partial charge >= 0.3 is 0 Å². The number of carbonyl (C=O) groups excluding carboxylic acids is 1. The van der Waals surface area contributed by atoms with Gasteiger partial charge in [0.15, 0.2) is 5.11 Å². The van der Waals surface area contributed by atoms with Crippen LogP contribution in [0, 0.1) is 12.8 Å². The minimum Gasteiger partial charge on any atom is -0.345 e. The predicted octanol–water partition coefficient (Wildman–Crippen LogP) is 2.90. The molecular weight excluding hydrogens is 318 g/mol. The lowest BCUT2D eigenvalue weighted by Crippen LogP contribution is -2.52. The molecule has 1 saturated carbocycles. The van der Waals surface area contributed by atoms with E-state index in [2.05, 4.69) is 10.2 Å². The Labute approximate surface area is 141 Å². The Hall–Kier alpha value is -1.33. The monoisotopic (exact) mass is 337 g/mol. The van der Waals surface area contributed by atoms with Crippen LogP contribution in [0.15, 0.2) is 18.2 Å². The van der Waals surface area contributed by atoms with Crippen molar-refractivity contribution in [2.24, 2.45) is 5.92 Å². The zero-order chi connectivity index (χ0) is 15.7. The highest BCUT2D eigenvalue weighted by Crippen LogP contribution is 2.31. The van der Waals surface area contributed by atoms with Crippen LogP contribution in [0.3, 0.4) is 0 Å². The fraction of sp³-hybridized carbons (Fsp3) is 0.500. The minimum atomic E-state index is 0.298. The number of aryl methyl sites for hydroxylation is 1. The smallest absolute Gasteiger partial charge is 0.225 e. The van der Waals surface area contributed by atoms with E-state index < -0.39 is 0 Å². The molecule has 2 aliphatic rings. The van der Waals surface area contributed by atoms with Crippen LogP contribution >= 0.6 is 23.8 Å². The van der Waals surface area contributed by atoms with Crippen LogP contribution in [-0.4, -0.2) is 47.0 Å². The average Bonchev–Trinajstić information content (AvgIpc) is 3.35. The van der Waals surface area contributed by atoms with Gasteiger partial charge in [0.05, 0.1) is 0 Å². The lowest BCUT2D eigenvalue weighted by atomic mass is 10.2. The topological polar surface area (TPSA) is 35.6 Å². The number of hydrogen-bond acceptors (Lipinski definition) is 2. The minimum absolute atomic E-state index is 0.298. The number of rotatable bonds is 2. The summed E-state index contributed by atoms with van der Waals surface area (Å²) in [5.41, 5.74) is 1.95. The molecule has 0 atom stereocenters. The van der Waals surface area contributed by atoms with Crippen molar-refractivity contribution < 1.29 is 4.79 Å². The normalized spacial score (nSPS) is 18.3. The van der Waals surface area contributed by atoms with Crippen molar-refractivity contribution in [2.45, 2.75) is 19.8 Å². The molecule has 1 aromatic carbocycles. The summed E-state index contributed by atoms with van der Waals surface area (Å²) >= 11 is 11.6. The highest BCUT2D eigenvalue weighted by molar-refractivity contribution is 7.80. The van der Waals surface area contributed by atoms with Crippen molar-refractivity contribution in [2.75, 3.05) is 31.5 Å². The fourth-order valence-electron chi connectivity index (χ4n) is 2.59. The van der Waals surface area contributed by atoms with Crippen LogP contribution in [0.25, 0.3) is 0 Å². The summed E-state index contributed by atoms with van der Waals surface area (Å²) < 4.78 is 0. The lowest BCUT2D eigenvalue weighted by molar-refractivity contribution is -0.133. The maximum atomic E-state index is 12.0. The van der Waals surface area contributed by atoms with E-state index in [9.17, 15) is 4.79 Å². The second-order valence-corrected chi connectivity index (χ2v) is 6.77. The SMILES string of the molecule is Cc1ccc(NC(=S)N2CCN(C(=O)C3CC3)CC2)cc1Cl. The van der Waals surface area contributed by atoms with Crippen molar-refractivity contribution in [3.8, 4) is 0 Å². The number of thiocarbonyl (C=S) groups is 1. The molecular formula is C16H20ClN3OS. The Kier molecular flexibility index (Phi) is 4.54. The molecule has 3 rings (SSSR count). The summed E-state index contributed by atoms with van der Waals surface area (Å²) in [7, 11) is 0. The summed E-state index contributed by atoms with van der Waals surface area (Å²) in [5, 5.41) is 4.65. The van der Waals surface area contributed by atoms with Crippen molar-refractivity contribution in [3.63, 3.8) is 0 Å². The molecule has 1 aromatic rings. The van der Waals surface area contributed by atoms with Gasteiger partial charge in [-0.05, 0) is 49.7 Å². The summed E-state index contributed by atoms with van der Waals surface area (Å²) in [6.45, 7) is 5.05. The first-order chi connectivity index (χ1) is 10.5. The maximum Gasteiger partial charge on any atom is 0.225 e. The summed E-state index contributed by atoms with van der Waals surface area (Å²) in [6.07, 6.45) is 2.13. The number of hydrogen-bond donors (Lipinski definition) is 1. The van der Waals surface area contributed by atoms with Crippen LogP contribution in [0.5, 0.6) is 0 Å². The van der Waals surface area contributed by atoms with Crippen molar-refractivity contribution in [3.05, 3.63) is 28.8 Å². The van der Waals surface area contributed by atoms with Gasteiger partial charge in [-0.1, -0.05) is 17.7 Å². The molecule has 0 unspecified atom stereocenters. The highest BCUT2D eigenvalue weighted by atomic mass is 35.5. The van der Waals surface area contributed by atoms with E-state index in [0.29, 0.717) is 16.9 Å². The third kappa shape index (κ3) is 3.52. The third-order valence-corrected chi connectivity index (χ3v) is 5.00. The first kappa shape index (κ1) is 15.6. The van der Waals surface area contributed by atoms with Gasteiger partial charge in [0.25, 0.3) is 0 Å². The fourth-order valence-corrected chi connectivity index (χ4v) is 3.07. The molecule has 1 amide bonds. The summed E-state index contributed by atoms with van der Waals surface area (Å²) in [4.78, 5) is 16.1. The van der Waals surface area contributed by atoms with Gasteiger partial charge in [-0.25, -0.2) is 0 Å². The molecule has 1 aliphatic carbocycles. The number of halogens is 1. The van der Waals surface area contributed by atoms with Gasteiger partial charge in [-0.15, -0.1) is 0 Å². The number of piperazine rings is 1. The van der Waals surface area contributed by atoms with Crippen LogP contribution < -0.4 is 5.32 Å². The summed E-state index contributed by atoms with van der Waals surface area (Å²) in [5.74, 6) is 0.621. The number of anilines is 1. The van der Waals surface area contributed by atoms with Crippen molar-refractivity contribution in [1.29, 1.82) is 0 Å². The molecule has 0 radical (unpaired) electrons. The zero-order valence-electron chi connectivity index (χ0n) is 12.6. The van der Waals surface area contributed by atoms with Gasteiger partial charge in [-0.2, -0.15) is 0 Å². The van der Waals surface area contributed by atoms with Gasteiger partial charge < -0.3 is 15.1 Å². The molecule has 0 bridgehead atoms. The van der Waals surface area contributed by atoms with Crippen molar-refractivity contribution >= 4 is 40.5 Å². The van der Waals surface area contributed by atoms with Gasteiger partial charge in [0, 0.05) is 42.8 Å². The molecule has 1 heterocycles. The molecule has 6 heteroatoms. The number of benzene rings is 1. The van der Waals surface area contributed by atoms with E-state index in [1.54, 1.807) is 0 Å². The standard InChI is InChI=1S/C16H20ClN3OS/c1-11-2-5-13(10-14(11)17)18-16(22)20-8-6-19(7-9-20)15(21)12-3-4-12/h2,5,10,12H,3-4,6-9H2,1H3,(H,18,22). The van der Waals surface area contributed by atoms with E-state index in [-0.39, 0.29) is 0 Å². The molecule has 22 heavy (non-hydrogen) atoms. The predicted molar refractivity (Wildman–Crippen MR) is 93.3 cm³/mol. The molecule has 2 fully saturated rings. The number of carbonyl (C=O) groups is 1. The Balaban J connectivity index is 1.53. The van der Waals surface area contributed by atoms with E-state index in [1.807, 2.05) is 30.0 Å². The molecule has 1 aliphatic heterocycles. The Morgan fingerprint density at radius 2 is 1.86 bits per heavy atom. The van der Waals surface area contributed by atoms with Crippen LogP contribution in [0.2, 0.25) is 5.02 Å². The van der Waals surface area contributed by atoms with E-state index in [0.717, 1.165) is 55.3 Å². The van der Waals surface area contributed by atoms with Crippen LogP contribution in [-0.2, 0) is 4.79 Å². The van der Waals surface area contributed by atoms with Gasteiger partial charge in [-0.3, -0.25) is 4.79 Å². The van der Waals surface area contributed by atoms with E-state index in [4.69, 9.17) is 23.8 Å². The average molecular weight is 338 g/mol. The van der Waals surface area contributed by atoms with E-state index in [1.165, 1.54) is 0 Å². The van der Waals surface area contributed by atoms with Crippen molar-refractivity contribution in [1.82, 2.24) is 9.80 Å². The van der Waals surface area contributed by atoms with Gasteiger partial charge in [0.1, 0.15) is 0 Å². The summed E-state index contributed by atoms with van der Waals surface area (Å²) in [6, 6.07) is 5.83. The molecule has 1 saturated heterocycles. The number of nitrogens with one attached hydrogen (secondary N) is 1. The van der Waals surface area contributed by atoms with Crippen LogP contribution in [0.1, 0.15) is 18.4 Å². The molecule has 0 spiro atoms. The third-order valence-electron chi connectivity index (χ3n) is 4.23. The molecule has 118 valence electrons.